The molecule has 1 aliphatic carbocycles. The normalized spacial score (nSPS) is 20.7. The topological polar surface area (TPSA) is 34.1 Å². The molecular formula is C33H52O2. The van der Waals surface area contributed by atoms with Crippen LogP contribution in [0.25, 0.3) is 6.08 Å². The smallest absolute Gasteiger partial charge is 0.158 e. The lowest BCUT2D eigenvalue weighted by Gasteiger charge is -2.60. The highest BCUT2D eigenvalue weighted by Gasteiger charge is 2.72. The van der Waals surface area contributed by atoms with Gasteiger partial charge in [0.15, 0.2) is 11.6 Å². The van der Waals surface area contributed by atoms with Crippen LogP contribution in [0.2, 0.25) is 0 Å². The molecule has 35 heavy (non-hydrogen) atoms. The van der Waals surface area contributed by atoms with Crippen LogP contribution in [0, 0.1) is 22.2 Å². The Balaban J connectivity index is 1.93. The number of ketones is 2. The quantitative estimate of drug-likeness (QED) is 0.174. The Hall–Kier alpha value is -1.70. The van der Waals surface area contributed by atoms with E-state index in [0.717, 1.165) is 24.0 Å². The van der Waals surface area contributed by atoms with Gasteiger partial charge in [0.2, 0.25) is 0 Å². The molecule has 0 saturated heterocycles. The molecular weight excluding hydrogens is 428 g/mol. The van der Waals surface area contributed by atoms with E-state index in [0.29, 0.717) is 6.42 Å². The van der Waals surface area contributed by atoms with Crippen LogP contribution in [0.1, 0.15) is 130 Å². The van der Waals surface area contributed by atoms with E-state index in [4.69, 9.17) is 0 Å². The number of hydrogen-bond acceptors (Lipinski definition) is 2. The second-order valence-electron chi connectivity index (χ2n) is 12.6. The largest absolute Gasteiger partial charge is 0.298 e. The molecule has 2 heteroatoms. The van der Waals surface area contributed by atoms with Crippen LogP contribution >= 0.6 is 0 Å². The van der Waals surface area contributed by atoms with Crippen LogP contribution in [0.5, 0.6) is 0 Å². The van der Waals surface area contributed by atoms with Gasteiger partial charge in [0.05, 0.1) is 11.3 Å². The molecule has 196 valence electrons. The minimum atomic E-state index is -0.897. The standard InChI is InChI=1S/C33H52O2/c1-8-10-11-12-13-14-15-16-17-18-21-24-32(6,7)33(31(3,4)5)29(34)28(30(33)35)25-27-23-20-19-22-26(27)9-2/h9,19-20,22-23,28H,2,8,10-18,21,24-25H2,1,3-7H3. The number of benzene rings is 1. The molecule has 0 aliphatic heterocycles. The van der Waals surface area contributed by atoms with Crippen LogP contribution in [0.15, 0.2) is 30.8 Å². The number of carbonyl (C=O) groups excluding carboxylic acids is 2. The average Bonchev–Trinajstić information content (AvgIpc) is 2.80. The van der Waals surface area contributed by atoms with Crippen molar-refractivity contribution in [2.45, 2.75) is 125 Å². The van der Waals surface area contributed by atoms with Gasteiger partial charge < -0.3 is 0 Å². The maximum Gasteiger partial charge on any atom is 0.158 e. The number of Topliss-reactive ketones (excluding diaryl/α,β-unsaturated/α-hetero) is 2. The van der Waals surface area contributed by atoms with Crippen LogP contribution in [0.4, 0.5) is 0 Å². The predicted molar refractivity (Wildman–Crippen MR) is 150 cm³/mol. The highest BCUT2D eigenvalue weighted by molar-refractivity contribution is 6.28. The SMILES string of the molecule is C=Cc1ccccc1CC1C(=O)C(C(C)(C)C)(C(C)(C)CCCCCCCCCCCCC)C1=O. The summed E-state index contributed by atoms with van der Waals surface area (Å²) in [5.41, 5.74) is 0.428. The molecule has 0 atom stereocenters. The third-order valence-electron chi connectivity index (χ3n) is 8.62. The summed E-state index contributed by atoms with van der Waals surface area (Å²) in [5, 5.41) is 0. The third kappa shape index (κ3) is 6.55. The Kier molecular flexibility index (Phi) is 11.0. The predicted octanol–water partition coefficient (Wildman–Crippen LogP) is 9.40. The van der Waals surface area contributed by atoms with E-state index in [1.165, 1.54) is 64.2 Å². The molecule has 1 fully saturated rings. The fourth-order valence-electron chi connectivity index (χ4n) is 6.85. The minimum absolute atomic E-state index is 0.155. The molecule has 0 bridgehead atoms. The molecule has 0 radical (unpaired) electrons. The fraction of sp³-hybridized carbons (Fsp3) is 0.697. The molecule has 0 unspecified atom stereocenters. The first kappa shape index (κ1) is 29.5. The van der Waals surface area contributed by atoms with E-state index in [1.807, 2.05) is 30.3 Å². The summed E-state index contributed by atoms with van der Waals surface area (Å²) in [6, 6.07) is 7.97. The van der Waals surface area contributed by atoms with Crippen molar-refractivity contribution < 1.29 is 9.59 Å². The van der Waals surface area contributed by atoms with Crippen molar-refractivity contribution in [2.75, 3.05) is 0 Å². The van der Waals surface area contributed by atoms with Crippen molar-refractivity contribution in [1.82, 2.24) is 0 Å². The number of carbonyl (C=O) groups is 2. The maximum absolute atomic E-state index is 13.8. The van der Waals surface area contributed by atoms with Gasteiger partial charge in [-0.05, 0) is 34.8 Å². The van der Waals surface area contributed by atoms with Crippen molar-refractivity contribution in [3.05, 3.63) is 42.0 Å². The van der Waals surface area contributed by atoms with Gasteiger partial charge in [-0.3, -0.25) is 9.59 Å². The Morgan fingerprint density at radius 3 is 1.77 bits per heavy atom. The molecule has 2 nitrogen and oxygen atoms in total. The van der Waals surface area contributed by atoms with E-state index >= 15 is 0 Å². The lowest BCUT2D eigenvalue weighted by Crippen LogP contribution is -2.71. The molecule has 1 saturated carbocycles. The van der Waals surface area contributed by atoms with Crippen molar-refractivity contribution in [2.24, 2.45) is 22.2 Å². The molecule has 1 aromatic carbocycles. The first-order valence-corrected chi connectivity index (χ1v) is 14.3. The van der Waals surface area contributed by atoms with Crippen LogP contribution in [-0.4, -0.2) is 11.6 Å². The van der Waals surface area contributed by atoms with Gasteiger partial charge in [-0.15, -0.1) is 0 Å². The molecule has 0 amide bonds. The number of rotatable bonds is 16. The Labute approximate surface area is 216 Å². The molecule has 0 N–H and O–H groups in total. The minimum Gasteiger partial charge on any atom is -0.298 e. The molecule has 1 aliphatic rings. The second kappa shape index (κ2) is 13.0. The molecule has 2 rings (SSSR count). The van der Waals surface area contributed by atoms with E-state index < -0.39 is 16.7 Å². The molecule has 1 aromatic rings. The molecule has 0 spiro atoms. The zero-order valence-electron chi connectivity index (χ0n) is 23.7. The fourth-order valence-corrected chi connectivity index (χ4v) is 6.85. The highest BCUT2D eigenvalue weighted by Crippen LogP contribution is 2.62. The zero-order valence-corrected chi connectivity index (χ0v) is 23.7. The lowest BCUT2D eigenvalue weighted by molar-refractivity contribution is -0.184. The average molecular weight is 481 g/mol. The third-order valence-corrected chi connectivity index (χ3v) is 8.62. The van der Waals surface area contributed by atoms with Gasteiger partial charge in [0.1, 0.15) is 0 Å². The Bertz CT molecular complexity index is 823. The van der Waals surface area contributed by atoms with Crippen LogP contribution < -0.4 is 0 Å². The van der Waals surface area contributed by atoms with Crippen molar-refractivity contribution in [3.8, 4) is 0 Å². The Morgan fingerprint density at radius 2 is 1.29 bits per heavy atom. The van der Waals surface area contributed by atoms with Crippen LogP contribution in [0.3, 0.4) is 0 Å². The number of unbranched alkanes of at least 4 members (excludes halogenated alkanes) is 10. The number of hydrogen-bond donors (Lipinski definition) is 0. The van der Waals surface area contributed by atoms with Crippen molar-refractivity contribution in [3.63, 3.8) is 0 Å². The van der Waals surface area contributed by atoms with Gasteiger partial charge in [-0.1, -0.05) is 149 Å². The molecule has 0 aromatic heterocycles. The van der Waals surface area contributed by atoms with E-state index in [1.54, 1.807) is 0 Å². The van der Waals surface area contributed by atoms with Gasteiger partial charge in [0.25, 0.3) is 0 Å². The molecule has 0 heterocycles. The zero-order chi connectivity index (χ0) is 26.1. The van der Waals surface area contributed by atoms with Gasteiger partial charge in [-0.25, -0.2) is 0 Å². The summed E-state index contributed by atoms with van der Waals surface area (Å²) in [4.78, 5) is 27.7. The summed E-state index contributed by atoms with van der Waals surface area (Å²) in [5.74, 6) is -0.212. The summed E-state index contributed by atoms with van der Waals surface area (Å²) in [6.07, 6.45) is 17.6. The lowest BCUT2D eigenvalue weighted by atomic mass is 9.39. The summed E-state index contributed by atoms with van der Waals surface area (Å²) in [6.45, 7) is 16.7. The van der Waals surface area contributed by atoms with Gasteiger partial charge in [-0.2, -0.15) is 0 Å². The van der Waals surface area contributed by atoms with Crippen LogP contribution in [-0.2, 0) is 16.0 Å². The van der Waals surface area contributed by atoms with E-state index in [9.17, 15) is 9.59 Å². The highest BCUT2D eigenvalue weighted by atomic mass is 16.2. The second-order valence-corrected chi connectivity index (χ2v) is 12.6. The summed E-state index contributed by atoms with van der Waals surface area (Å²) >= 11 is 0. The summed E-state index contributed by atoms with van der Waals surface area (Å²) < 4.78 is 0. The van der Waals surface area contributed by atoms with Gasteiger partial charge in [0, 0.05) is 0 Å². The first-order chi connectivity index (χ1) is 16.5. The van der Waals surface area contributed by atoms with Crippen molar-refractivity contribution in [1.29, 1.82) is 0 Å². The van der Waals surface area contributed by atoms with Gasteiger partial charge >= 0.3 is 0 Å². The summed E-state index contributed by atoms with van der Waals surface area (Å²) in [7, 11) is 0. The van der Waals surface area contributed by atoms with Crippen molar-refractivity contribution >= 4 is 17.6 Å². The first-order valence-electron chi connectivity index (χ1n) is 14.3. The Morgan fingerprint density at radius 1 is 0.800 bits per heavy atom. The van der Waals surface area contributed by atoms with E-state index in [2.05, 4.69) is 48.1 Å². The maximum atomic E-state index is 13.8. The monoisotopic (exact) mass is 480 g/mol. The van der Waals surface area contributed by atoms with E-state index in [-0.39, 0.29) is 17.0 Å².